The van der Waals surface area contributed by atoms with E-state index in [4.69, 9.17) is 9.57 Å². The number of amides is 3. The molecule has 174 valence electrons. The Bertz CT molecular complexity index is 1130. The van der Waals surface area contributed by atoms with Crippen molar-refractivity contribution in [3.8, 4) is 0 Å². The monoisotopic (exact) mass is 455 g/mol. The van der Waals surface area contributed by atoms with Crippen molar-refractivity contribution >= 4 is 29.5 Å². The van der Waals surface area contributed by atoms with Gasteiger partial charge in [-0.25, -0.2) is 14.3 Å². The molecule has 12 nitrogen and oxygen atoms in total. The third kappa shape index (κ3) is 4.80. The molecule has 0 aliphatic carbocycles. The van der Waals surface area contributed by atoms with E-state index in [2.05, 4.69) is 22.1 Å². The molecule has 0 radical (unpaired) electrons. The molecule has 2 aliphatic heterocycles. The largest absolute Gasteiger partial charge is 0.442 e. The highest BCUT2D eigenvalue weighted by molar-refractivity contribution is 6.02. The molecular weight excluding hydrogens is 430 g/mol. The van der Waals surface area contributed by atoms with Crippen LogP contribution < -0.4 is 5.32 Å². The molecular formula is C21H25N7O5. The molecule has 0 spiro atoms. The van der Waals surface area contributed by atoms with Crippen LogP contribution in [0.25, 0.3) is 5.70 Å². The van der Waals surface area contributed by atoms with E-state index in [9.17, 15) is 14.4 Å². The van der Waals surface area contributed by atoms with Crippen molar-refractivity contribution in [3.05, 3.63) is 49.0 Å². The molecule has 4 heterocycles. The number of rotatable bonds is 6. The quantitative estimate of drug-likeness (QED) is 0.662. The maximum atomic E-state index is 12.6. The van der Waals surface area contributed by atoms with Gasteiger partial charge in [0, 0.05) is 25.0 Å². The molecule has 1 fully saturated rings. The first kappa shape index (κ1) is 22.3. The van der Waals surface area contributed by atoms with Crippen LogP contribution in [0.4, 0.5) is 15.4 Å². The first-order chi connectivity index (χ1) is 15.6. The number of aromatic nitrogens is 4. The molecule has 3 amide bonds. The molecule has 4 rings (SSSR count). The summed E-state index contributed by atoms with van der Waals surface area (Å²) in [6, 6.07) is 2.57. The van der Waals surface area contributed by atoms with Crippen molar-refractivity contribution in [3.63, 3.8) is 0 Å². The van der Waals surface area contributed by atoms with Crippen LogP contribution in [0.2, 0.25) is 0 Å². The van der Waals surface area contributed by atoms with Crippen molar-refractivity contribution < 1.29 is 24.0 Å². The average Bonchev–Trinajstić information content (AvgIpc) is 3.46. The number of carbonyl (C=O) groups excluding carboxylic acids is 3. The van der Waals surface area contributed by atoms with Gasteiger partial charge in [0.1, 0.15) is 5.60 Å². The van der Waals surface area contributed by atoms with Crippen LogP contribution in [0.3, 0.4) is 0 Å². The lowest BCUT2D eigenvalue weighted by Crippen LogP contribution is -2.33. The smallest absolute Gasteiger partial charge is 0.435 e. The van der Waals surface area contributed by atoms with Crippen molar-refractivity contribution in [2.24, 2.45) is 0 Å². The van der Waals surface area contributed by atoms with Gasteiger partial charge in [-0.15, -0.1) is 11.7 Å². The Balaban J connectivity index is 1.42. The van der Waals surface area contributed by atoms with Gasteiger partial charge < -0.3 is 15.0 Å². The highest BCUT2D eigenvalue weighted by Crippen LogP contribution is 2.26. The van der Waals surface area contributed by atoms with E-state index in [1.165, 1.54) is 17.3 Å². The SMILES string of the molecule is C=CCON1C(=O)N2CC(n3ccc(C(=O)Nc4ccn(C(=O)OC(C)(C)C)n4)n3)=CC1C2. The van der Waals surface area contributed by atoms with E-state index in [1.807, 2.05) is 6.08 Å². The standard InChI is InChI=1S/C21H25N7O5/c1-5-10-32-28-15-11-14(12-25(13-15)19(28)30)26-8-6-16(23-26)18(29)22-17-7-9-27(24-17)20(31)33-21(2,3)4/h5-9,11,15H,1,10,12-13H2,2-4H3,(H,22,24,29). The zero-order chi connectivity index (χ0) is 23.8. The van der Waals surface area contributed by atoms with E-state index in [0.29, 0.717) is 13.1 Å². The summed E-state index contributed by atoms with van der Waals surface area (Å²) in [5.41, 5.74) is 0.238. The molecule has 1 N–H and O–H groups in total. The third-order valence-corrected chi connectivity index (χ3v) is 4.76. The number of nitrogens with zero attached hydrogens (tertiary/aromatic N) is 6. The summed E-state index contributed by atoms with van der Waals surface area (Å²) < 4.78 is 7.80. The average molecular weight is 455 g/mol. The number of ether oxygens (including phenoxy) is 1. The van der Waals surface area contributed by atoms with Gasteiger partial charge in [0.15, 0.2) is 11.5 Å². The van der Waals surface area contributed by atoms with E-state index in [0.717, 1.165) is 10.4 Å². The Morgan fingerprint density at radius 3 is 2.79 bits per heavy atom. The zero-order valence-corrected chi connectivity index (χ0v) is 18.6. The fourth-order valence-electron chi connectivity index (χ4n) is 3.40. The number of hydrogen-bond donors (Lipinski definition) is 1. The second kappa shape index (κ2) is 8.54. The topological polar surface area (TPSA) is 124 Å². The van der Waals surface area contributed by atoms with E-state index < -0.39 is 17.6 Å². The number of urea groups is 1. The van der Waals surface area contributed by atoms with Gasteiger partial charge in [-0.3, -0.25) is 9.63 Å². The number of hydrogen-bond acceptors (Lipinski definition) is 7. The van der Waals surface area contributed by atoms with E-state index in [-0.39, 0.29) is 30.2 Å². The number of anilines is 1. The van der Waals surface area contributed by atoms with Crippen LogP contribution in [0.15, 0.2) is 43.3 Å². The second-order valence-corrected chi connectivity index (χ2v) is 8.52. The van der Waals surface area contributed by atoms with Crippen molar-refractivity contribution in [1.29, 1.82) is 0 Å². The predicted molar refractivity (Wildman–Crippen MR) is 117 cm³/mol. The molecule has 12 heteroatoms. The number of nitrogens with one attached hydrogen (secondary N) is 1. The Hall–Kier alpha value is -3.93. The minimum atomic E-state index is -0.664. The molecule has 0 saturated carbocycles. The maximum Gasteiger partial charge on any atom is 0.435 e. The Kier molecular flexibility index (Phi) is 5.77. The molecule has 2 aliphatic rings. The number of carbonyl (C=O) groups is 3. The molecule has 1 unspecified atom stereocenters. The van der Waals surface area contributed by atoms with Gasteiger partial charge in [-0.05, 0) is 32.9 Å². The first-order valence-corrected chi connectivity index (χ1v) is 10.3. The first-order valence-electron chi connectivity index (χ1n) is 10.3. The lowest BCUT2D eigenvalue weighted by atomic mass is 10.2. The highest BCUT2D eigenvalue weighted by Gasteiger charge is 2.41. The normalized spacial score (nSPS) is 17.7. The van der Waals surface area contributed by atoms with Gasteiger partial charge in [0.05, 0.1) is 24.9 Å². The van der Waals surface area contributed by atoms with Crippen LogP contribution >= 0.6 is 0 Å². The summed E-state index contributed by atoms with van der Waals surface area (Å²) in [6.45, 7) is 9.94. The second-order valence-electron chi connectivity index (χ2n) is 8.52. The lowest BCUT2D eigenvalue weighted by Gasteiger charge is -2.21. The van der Waals surface area contributed by atoms with Gasteiger partial charge in [0.25, 0.3) is 5.91 Å². The molecule has 2 aromatic heterocycles. The summed E-state index contributed by atoms with van der Waals surface area (Å²) in [5.74, 6) is -0.308. The van der Waals surface area contributed by atoms with Crippen LogP contribution in [0.5, 0.6) is 0 Å². The van der Waals surface area contributed by atoms with Gasteiger partial charge in [-0.1, -0.05) is 6.08 Å². The van der Waals surface area contributed by atoms with Gasteiger partial charge in [-0.2, -0.15) is 14.8 Å². The molecule has 33 heavy (non-hydrogen) atoms. The molecule has 1 atom stereocenters. The number of fused-ring (bicyclic) bond motifs is 2. The molecule has 1 saturated heterocycles. The van der Waals surface area contributed by atoms with E-state index in [1.54, 1.807) is 48.7 Å². The summed E-state index contributed by atoms with van der Waals surface area (Å²) in [4.78, 5) is 44.2. The molecule has 2 bridgehead atoms. The minimum absolute atomic E-state index is 0.154. The Morgan fingerprint density at radius 2 is 2.06 bits per heavy atom. The molecule has 2 aromatic rings. The summed E-state index contributed by atoms with van der Waals surface area (Å²) in [5, 5.41) is 12.3. The minimum Gasteiger partial charge on any atom is -0.442 e. The van der Waals surface area contributed by atoms with Crippen molar-refractivity contribution in [2.75, 3.05) is 25.0 Å². The predicted octanol–water partition coefficient (Wildman–Crippen LogP) is 2.19. The van der Waals surface area contributed by atoms with Crippen LogP contribution in [0.1, 0.15) is 31.3 Å². The number of hydroxylamine groups is 2. The summed E-state index contributed by atoms with van der Waals surface area (Å²) in [7, 11) is 0. The zero-order valence-electron chi connectivity index (χ0n) is 18.6. The summed E-state index contributed by atoms with van der Waals surface area (Å²) in [6.07, 6.45) is 5.86. The Labute approximate surface area is 190 Å². The lowest BCUT2D eigenvalue weighted by molar-refractivity contribution is -0.107. The van der Waals surface area contributed by atoms with Crippen LogP contribution in [0, 0.1) is 0 Å². The third-order valence-electron chi connectivity index (χ3n) is 4.76. The highest BCUT2D eigenvalue weighted by atomic mass is 16.7. The van der Waals surface area contributed by atoms with E-state index >= 15 is 0 Å². The van der Waals surface area contributed by atoms with Gasteiger partial charge in [0.2, 0.25) is 0 Å². The fraction of sp³-hybridized carbons (Fsp3) is 0.381. The van der Waals surface area contributed by atoms with Crippen LogP contribution in [-0.2, 0) is 9.57 Å². The van der Waals surface area contributed by atoms with Gasteiger partial charge >= 0.3 is 12.1 Å². The van der Waals surface area contributed by atoms with Crippen molar-refractivity contribution in [1.82, 2.24) is 29.5 Å². The summed E-state index contributed by atoms with van der Waals surface area (Å²) >= 11 is 0. The van der Waals surface area contributed by atoms with Crippen molar-refractivity contribution in [2.45, 2.75) is 32.4 Å². The Morgan fingerprint density at radius 1 is 1.27 bits per heavy atom. The fourth-order valence-corrected chi connectivity index (χ4v) is 3.40. The molecule has 0 aromatic carbocycles. The van der Waals surface area contributed by atoms with Crippen LogP contribution in [-0.4, -0.2) is 78.9 Å². The maximum absolute atomic E-state index is 12.6.